The summed E-state index contributed by atoms with van der Waals surface area (Å²) in [6.45, 7) is 4.71. The Balaban J connectivity index is 1.85. The third-order valence-electron chi connectivity index (χ3n) is 3.83. The Morgan fingerprint density at radius 3 is 2.76 bits per heavy atom. The second-order valence-electron chi connectivity index (χ2n) is 5.51. The lowest BCUT2D eigenvalue weighted by molar-refractivity contribution is -0.146. The van der Waals surface area contributed by atoms with Gasteiger partial charge in [0.05, 0.1) is 6.61 Å². The lowest BCUT2D eigenvalue weighted by Crippen LogP contribution is -2.38. The number of ether oxygens (including phenoxy) is 1. The maximum Gasteiger partial charge on any atom is 0.313 e. The molecule has 0 saturated carbocycles. The summed E-state index contributed by atoms with van der Waals surface area (Å²) < 4.78 is 4.85. The molecule has 0 aliphatic carbocycles. The smallest absolute Gasteiger partial charge is 0.313 e. The predicted molar refractivity (Wildman–Crippen MR) is 80.7 cm³/mol. The third-order valence-corrected chi connectivity index (χ3v) is 3.83. The minimum Gasteiger partial charge on any atom is -0.466 e. The Labute approximate surface area is 126 Å². The van der Waals surface area contributed by atoms with Gasteiger partial charge in [-0.2, -0.15) is 0 Å². The number of hydrogen-bond acceptors (Lipinski definition) is 4. The third kappa shape index (κ3) is 4.97. The Hall–Kier alpha value is -1.68. The predicted octanol–water partition coefficient (Wildman–Crippen LogP) is 2.42. The molecule has 0 N–H and O–H groups in total. The van der Waals surface area contributed by atoms with Crippen LogP contribution in [0.15, 0.2) is 30.3 Å². The summed E-state index contributed by atoms with van der Waals surface area (Å²) in [5.74, 6) is -0.416. The fraction of sp³-hybridized carbons (Fsp3) is 0.529. The molecule has 1 aromatic rings. The van der Waals surface area contributed by atoms with Crippen LogP contribution in [-0.4, -0.2) is 36.3 Å². The van der Waals surface area contributed by atoms with Gasteiger partial charge in [-0.05, 0) is 31.9 Å². The summed E-state index contributed by atoms with van der Waals surface area (Å²) in [6, 6.07) is 10.3. The van der Waals surface area contributed by atoms with Crippen LogP contribution in [-0.2, 0) is 20.9 Å². The van der Waals surface area contributed by atoms with Gasteiger partial charge in [-0.25, -0.2) is 0 Å². The minimum atomic E-state index is -0.400. The van der Waals surface area contributed by atoms with Crippen molar-refractivity contribution in [2.75, 3.05) is 19.7 Å². The van der Waals surface area contributed by atoms with Crippen molar-refractivity contribution in [2.24, 2.45) is 5.92 Å². The lowest BCUT2D eigenvalue weighted by atomic mass is 9.92. The summed E-state index contributed by atoms with van der Waals surface area (Å²) in [6.07, 6.45) is 1.80. The molecule has 1 saturated heterocycles. The van der Waals surface area contributed by atoms with Crippen molar-refractivity contribution in [1.29, 1.82) is 0 Å². The number of carbonyl (C=O) groups is 2. The number of benzene rings is 1. The van der Waals surface area contributed by atoms with E-state index < -0.39 is 5.97 Å². The molecule has 4 heteroatoms. The van der Waals surface area contributed by atoms with E-state index in [-0.39, 0.29) is 18.1 Å². The summed E-state index contributed by atoms with van der Waals surface area (Å²) >= 11 is 0. The first kappa shape index (κ1) is 15.7. The van der Waals surface area contributed by atoms with Gasteiger partial charge in [-0.15, -0.1) is 0 Å². The fourth-order valence-corrected chi connectivity index (χ4v) is 2.80. The van der Waals surface area contributed by atoms with E-state index in [0.29, 0.717) is 6.61 Å². The van der Waals surface area contributed by atoms with Crippen LogP contribution in [0.2, 0.25) is 0 Å². The summed E-state index contributed by atoms with van der Waals surface area (Å²) in [5.41, 5.74) is 1.26. The molecule has 4 nitrogen and oxygen atoms in total. The largest absolute Gasteiger partial charge is 0.466 e. The lowest BCUT2D eigenvalue weighted by Gasteiger charge is -2.31. The van der Waals surface area contributed by atoms with E-state index in [0.717, 1.165) is 32.5 Å². The van der Waals surface area contributed by atoms with Gasteiger partial charge >= 0.3 is 5.97 Å². The molecule has 0 amide bonds. The second-order valence-corrected chi connectivity index (χ2v) is 5.51. The highest BCUT2D eigenvalue weighted by Gasteiger charge is 2.27. The number of hydrogen-bond donors (Lipinski definition) is 0. The number of Topliss-reactive ketones (excluding diaryl/α,β-unsaturated/α-hetero) is 1. The Morgan fingerprint density at radius 2 is 2.05 bits per heavy atom. The molecule has 0 aromatic heterocycles. The first-order valence-corrected chi connectivity index (χ1v) is 7.63. The quantitative estimate of drug-likeness (QED) is 0.596. The van der Waals surface area contributed by atoms with Crippen LogP contribution in [0.4, 0.5) is 0 Å². The van der Waals surface area contributed by atoms with E-state index >= 15 is 0 Å². The van der Waals surface area contributed by atoms with E-state index in [1.54, 1.807) is 6.92 Å². The molecule has 1 unspecified atom stereocenters. The molecule has 1 fully saturated rings. The van der Waals surface area contributed by atoms with E-state index in [1.807, 2.05) is 18.2 Å². The van der Waals surface area contributed by atoms with Crippen molar-refractivity contribution in [3.8, 4) is 0 Å². The molecule has 1 aliphatic heterocycles. The van der Waals surface area contributed by atoms with Gasteiger partial charge in [0.25, 0.3) is 0 Å². The first-order chi connectivity index (χ1) is 10.2. The average Bonchev–Trinajstić information content (AvgIpc) is 2.49. The van der Waals surface area contributed by atoms with Crippen LogP contribution in [0.1, 0.15) is 31.7 Å². The second kappa shape index (κ2) is 7.93. The van der Waals surface area contributed by atoms with Crippen molar-refractivity contribution >= 4 is 11.8 Å². The van der Waals surface area contributed by atoms with Crippen LogP contribution in [0.3, 0.4) is 0 Å². The molecule has 0 bridgehead atoms. The summed E-state index contributed by atoms with van der Waals surface area (Å²) in [5, 5.41) is 0. The van der Waals surface area contributed by atoms with Crippen molar-refractivity contribution in [2.45, 2.75) is 32.7 Å². The molecular weight excluding hydrogens is 266 g/mol. The average molecular weight is 289 g/mol. The minimum absolute atomic E-state index is 0.0196. The monoisotopic (exact) mass is 289 g/mol. The summed E-state index contributed by atoms with van der Waals surface area (Å²) in [4.78, 5) is 25.9. The maximum absolute atomic E-state index is 12.2. The van der Waals surface area contributed by atoms with Crippen molar-refractivity contribution in [1.82, 2.24) is 4.90 Å². The highest BCUT2D eigenvalue weighted by Crippen LogP contribution is 2.20. The Bertz CT molecular complexity index is 472. The first-order valence-electron chi connectivity index (χ1n) is 7.63. The van der Waals surface area contributed by atoms with Crippen LogP contribution >= 0.6 is 0 Å². The maximum atomic E-state index is 12.2. The van der Waals surface area contributed by atoms with Gasteiger partial charge in [0, 0.05) is 19.0 Å². The number of rotatable bonds is 6. The zero-order chi connectivity index (χ0) is 15.1. The fourth-order valence-electron chi connectivity index (χ4n) is 2.80. The highest BCUT2D eigenvalue weighted by atomic mass is 16.5. The molecule has 1 aliphatic rings. The molecule has 0 spiro atoms. The van der Waals surface area contributed by atoms with Gasteiger partial charge in [-0.3, -0.25) is 14.5 Å². The Kier molecular flexibility index (Phi) is 5.93. The molecule has 1 atom stereocenters. The molecule has 21 heavy (non-hydrogen) atoms. The van der Waals surface area contributed by atoms with Crippen molar-refractivity contribution < 1.29 is 14.3 Å². The molecule has 1 heterocycles. The standard InChI is InChI=1S/C17H23NO3/c1-2-21-17(20)11-16(19)15-9-6-10-18(13-15)12-14-7-4-3-5-8-14/h3-5,7-8,15H,2,6,9-13H2,1H3. The van der Waals surface area contributed by atoms with E-state index in [2.05, 4.69) is 17.0 Å². The van der Waals surface area contributed by atoms with E-state index in [1.165, 1.54) is 5.56 Å². The van der Waals surface area contributed by atoms with Crippen LogP contribution in [0, 0.1) is 5.92 Å². The SMILES string of the molecule is CCOC(=O)CC(=O)C1CCCN(Cc2ccccc2)C1. The number of carbonyl (C=O) groups excluding carboxylic acids is 2. The van der Waals surface area contributed by atoms with Crippen LogP contribution in [0.25, 0.3) is 0 Å². The summed E-state index contributed by atoms with van der Waals surface area (Å²) in [7, 11) is 0. The highest BCUT2D eigenvalue weighted by molar-refractivity contribution is 5.96. The van der Waals surface area contributed by atoms with Gasteiger partial charge in [0.1, 0.15) is 12.2 Å². The molecular formula is C17H23NO3. The molecule has 1 aromatic carbocycles. The zero-order valence-corrected chi connectivity index (χ0v) is 12.6. The van der Waals surface area contributed by atoms with Gasteiger partial charge in [-0.1, -0.05) is 30.3 Å². The number of esters is 1. The molecule has 114 valence electrons. The number of piperidine rings is 1. The van der Waals surface area contributed by atoms with Gasteiger partial charge < -0.3 is 4.74 Å². The number of ketones is 1. The van der Waals surface area contributed by atoms with Crippen molar-refractivity contribution in [3.05, 3.63) is 35.9 Å². The van der Waals surface area contributed by atoms with Crippen LogP contribution < -0.4 is 0 Å². The Morgan fingerprint density at radius 1 is 1.29 bits per heavy atom. The van der Waals surface area contributed by atoms with Gasteiger partial charge in [0.2, 0.25) is 0 Å². The zero-order valence-electron chi connectivity index (χ0n) is 12.6. The van der Waals surface area contributed by atoms with Crippen LogP contribution in [0.5, 0.6) is 0 Å². The number of likely N-dealkylation sites (tertiary alicyclic amines) is 1. The van der Waals surface area contributed by atoms with Gasteiger partial charge in [0.15, 0.2) is 0 Å². The number of nitrogens with zero attached hydrogens (tertiary/aromatic N) is 1. The van der Waals surface area contributed by atoms with E-state index in [9.17, 15) is 9.59 Å². The topological polar surface area (TPSA) is 46.6 Å². The normalized spacial score (nSPS) is 19.2. The van der Waals surface area contributed by atoms with Crippen molar-refractivity contribution in [3.63, 3.8) is 0 Å². The molecule has 0 radical (unpaired) electrons. The van der Waals surface area contributed by atoms with E-state index in [4.69, 9.17) is 4.74 Å². The molecule has 2 rings (SSSR count).